The molecule has 1 rings (SSSR count). The van der Waals surface area contributed by atoms with E-state index < -0.39 is 0 Å². The lowest BCUT2D eigenvalue weighted by molar-refractivity contribution is 0.00991. The van der Waals surface area contributed by atoms with Gasteiger partial charge in [0.25, 0.3) is 0 Å². The summed E-state index contributed by atoms with van der Waals surface area (Å²) in [6.07, 6.45) is 6.34. The first kappa shape index (κ1) is 17.0. The first-order valence-corrected chi connectivity index (χ1v) is 8.58. The molecule has 0 aliphatic carbocycles. The molecule has 0 amide bonds. The van der Waals surface area contributed by atoms with Gasteiger partial charge in [0, 0.05) is 30.7 Å². The van der Waals surface area contributed by atoms with Crippen molar-refractivity contribution >= 4 is 0 Å². The average Bonchev–Trinajstić information content (AvgIpc) is 2.47. The maximum Gasteiger partial charge on any atom is 0.0304 e. The monoisotopic (exact) mass is 268 g/mol. The Labute approximate surface area is 121 Å². The zero-order chi connectivity index (χ0) is 14.5. The van der Waals surface area contributed by atoms with Gasteiger partial charge >= 0.3 is 0 Å². The van der Waals surface area contributed by atoms with Gasteiger partial charge < -0.3 is 5.32 Å². The molecule has 1 aliphatic rings. The smallest absolute Gasteiger partial charge is 0.0304 e. The van der Waals surface area contributed by atoms with E-state index in [-0.39, 0.29) is 0 Å². The third-order valence-corrected chi connectivity index (χ3v) is 5.66. The van der Waals surface area contributed by atoms with Crippen LogP contribution in [0.3, 0.4) is 0 Å². The fraction of sp³-hybridized carbons (Fsp3) is 1.00. The number of hydrogen-bond donors (Lipinski definition) is 1. The van der Waals surface area contributed by atoms with E-state index in [0.717, 1.165) is 18.0 Å². The number of piperazine rings is 1. The summed E-state index contributed by atoms with van der Waals surface area (Å²) >= 11 is 0. The molecule has 0 radical (unpaired) electrons. The molecule has 0 aromatic carbocycles. The highest BCUT2D eigenvalue weighted by molar-refractivity contribution is 4.99. The van der Waals surface area contributed by atoms with E-state index in [2.05, 4.69) is 51.8 Å². The van der Waals surface area contributed by atoms with Crippen molar-refractivity contribution in [2.75, 3.05) is 13.1 Å². The Balaban J connectivity index is 2.91. The van der Waals surface area contributed by atoms with Crippen molar-refractivity contribution in [3.8, 4) is 0 Å². The Bertz CT molecular complexity index is 244. The lowest BCUT2D eigenvalue weighted by Gasteiger charge is -2.52. The van der Waals surface area contributed by atoms with E-state index in [1.54, 1.807) is 0 Å². The molecule has 0 saturated carbocycles. The molecule has 1 aliphatic heterocycles. The number of nitrogens with zero attached hydrogens (tertiary/aromatic N) is 1. The third-order valence-electron chi connectivity index (χ3n) is 5.66. The van der Waals surface area contributed by atoms with Crippen LogP contribution >= 0.6 is 0 Å². The van der Waals surface area contributed by atoms with Crippen LogP contribution in [0.25, 0.3) is 0 Å². The molecule has 0 aromatic heterocycles. The standard InChI is InChI=1S/C17H36N2/c1-7-14(6)16-12-18-17(10-4,11-5)13-19(16)15(8-2)9-3/h14-16,18H,7-13H2,1-6H3. The van der Waals surface area contributed by atoms with Crippen molar-refractivity contribution in [2.45, 2.75) is 91.3 Å². The normalized spacial score (nSPS) is 25.7. The van der Waals surface area contributed by atoms with E-state index in [9.17, 15) is 0 Å². The summed E-state index contributed by atoms with van der Waals surface area (Å²) in [6, 6.07) is 1.49. The summed E-state index contributed by atoms with van der Waals surface area (Å²) in [5, 5.41) is 3.89. The molecular weight excluding hydrogens is 232 g/mol. The highest BCUT2D eigenvalue weighted by atomic mass is 15.3. The first-order valence-electron chi connectivity index (χ1n) is 8.58. The number of hydrogen-bond acceptors (Lipinski definition) is 2. The van der Waals surface area contributed by atoms with Crippen molar-refractivity contribution in [1.82, 2.24) is 10.2 Å². The summed E-state index contributed by atoms with van der Waals surface area (Å²) < 4.78 is 0. The Hall–Kier alpha value is -0.0800. The molecule has 0 bridgehead atoms. The molecular formula is C17H36N2. The van der Waals surface area contributed by atoms with Gasteiger partial charge in [-0.1, -0.05) is 48.0 Å². The topological polar surface area (TPSA) is 15.3 Å². The summed E-state index contributed by atoms with van der Waals surface area (Å²) in [5.74, 6) is 0.791. The Kier molecular flexibility index (Phi) is 6.82. The van der Waals surface area contributed by atoms with Crippen LogP contribution in [0.2, 0.25) is 0 Å². The molecule has 19 heavy (non-hydrogen) atoms. The minimum atomic E-state index is 0.354. The predicted molar refractivity (Wildman–Crippen MR) is 85.6 cm³/mol. The van der Waals surface area contributed by atoms with Gasteiger partial charge in [-0.25, -0.2) is 0 Å². The quantitative estimate of drug-likeness (QED) is 0.749. The van der Waals surface area contributed by atoms with Gasteiger partial charge in [0.2, 0.25) is 0 Å². The third kappa shape index (κ3) is 3.72. The van der Waals surface area contributed by atoms with Crippen molar-refractivity contribution in [2.24, 2.45) is 5.92 Å². The highest BCUT2D eigenvalue weighted by Crippen LogP contribution is 2.29. The van der Waals surface area contributed by atoms with Gasteiger partial charge in [-0.3, -0.25) is 4.90 Å². The number of rotatable bonds is 7. The largest absolute Gasteiger partial charge is 0.308 e. The van der Waals surface area contributed by atoms with Crippen LogP contribution in [0.5, 0.6) is 0 Å². The van der Waals surface area contributed by atoms with Gasteiger partial charge in [0.15, 0.2) is 0 Å². The lowest BCUT2D eigenvalue weighted by atomic mass is 9.84. The minimum absolute atomic E-state index is 0.354. The second kappa shape index (κ2) is 7.64. The molecule has 114 valence electrons. The van der Waals surface area contributed by atoms with Crippen LogP contribution in [0, 0.1) is 5.92 Å². The van der Waals surface area contributed by atoms with E-state index in [1.807, 2.05) is 0 Å². The van der Waals surface area contributed by atoms with Crippen LogP contribution in [-0.2, 0) is 0 Å². The van der Waals surface area contributed by atoms with Crippen LogP contribution in [0.4, 0.5) is 0 Å². The molecule has 0 aromatic rings. The Morgan fingerprint density at radius 3 is 2.05 bits per heavy atom. The maximum atomic E-state index is 3.89. The number of nitrogens with one attached hydrogen (secondary N) is 1. The average molecular weight is 268 g/mol. The second-order valence-corrected chi connectivity index (χ2v) is 6.46. The molecule has 2 unspecified atom stereocenters. The molecule has 0 spiro atoms. The van der Waals surface area contributed by atoms with E-state index in [0.29, 0.717) is 5.54 Å². The van der Waals surface area contributed by atoms with Crippen molar-refractivity contribution < 1.29 is 0 Å². The van der Waals surface area contributed by atoms with Gasteiger partial charge in [0.1, 0.15) is 0 Å². The van der Waals surface area contributed by atoms with Crippen molar-refractivity contribution in [1.29, 1.82) is 0 Å². The minimum Gasteiger partial charge on any atom is -0.308 e. The van der Waals surface area contributed by atoms with E-state index >= 15 is 0 Å². The molecule has 1 N–H and O–H groups in total. The maximum absolute atomic E-state index is 3.89. The Morgan fingerprint density at radius 2 is 1.63 bits per heavy atom. The fourth-order valence-electron chi connectivity index (χ4n) is 3.64. The lowest BCUT2D eigenvalue weighted by Crippen LogP contribution is -2.67. The molecule has 2 atom stereocenters. The van der Waals surface area contributed by atoms with Crippen LogP contribution in [0.15, 0.2) is 0 Å². The first-order chi connectivity index (χ1) is 9.07. The van der Waals surface area contributed by atoms with E-state index in [4.69, 9.17) is 0 Å². The van der Waals surface area contributed by atoms with Gasteiger partial charge in [0.05, 0.1) is 0 Å². The summed E-state index contributed by atoms with van der Waals surface area (Å²) in [4.78, 5) is 2.84. The van der Waals surface area contributed by atoms with Crippen LogP contribution in [-0.4, -0.2) is 35.6 Å². The van der Waals surface area contributed by atoms with Gasteiger partial charge in [-0.2, -0.15) is 0 Å². The van der Waals surface area contributed by atoms with E-state index in [1.165, 1.54) is 45.2 Å². The zero-order valence-electron chi connectivity index (χ0n) is 14.1. The molecule has 2 nitrogen and oxygen atoms in total. The SMILES string of the molecule is CCC(C)C1CNC(CC)(CC)CN1C(CC)CC. The molecule has 1 saturated heterocycles. The zero-order valence-corrected chi connectivity index (χ0v) is 14.1. The van der Waals surface area contributed by atoms with Gasteiger partial charge in [-0.05, 0) is 31.6 Å². The van der Waals surface area contributed by atoms with Crippen LogP contribution in [0.1, 0.15) is 73.6 Å². The summed E-state index contributed by atoms with van der Waals surface area (Å²) in [5.41, 5.74) is 0.354. The summed E-state index contributed by atoms with van der Waals surface area (Å²) in [6.45, 7) is 16.5. The van der Waals surface area contributed by atoms with Crippen molar-refractivity contribution in [3.63, 3.8) is 0 Å². The molecule has 1 heterocycles. The Morgan fingerprint density at radius 1 is 1.05 bits per heavy atom. The van der Waals surface area contributed by atoms with Gasteiger partial charge in [-0.15, -0.1) is 0 Å². The van der Waals surface area contributed by atoms with Crippen LogP contribution < -0.4 is 5.32 Å². The van der Waals surface area contributed by atoms with Crippen molar-refractivity contribution in [3.05, 3.63) is 0 Å². The predicted octanol–water partition coefficient (Wildman–Crippen LogP) is 4.05. The molecule has 1 fully saturated rings. The summed E-state index contributed by atoms with van der Waals surface area (Å²) in [7, 11) is 0. The highest BCUT2D eigenvalue weighted by Gasteiger charge is 2.40. The fourth-order valence-corrected chi connectivity index (χ4v) is 3.64. The molecule has 2 heteroatoms. The second-order valence-electron chi connectivity index (χ2n) is 6.46.